The van der Waals surface area contributed by atoms with Gasteiger partial charge in [0, 0.05) is 6.07 Å². The van der Waals surface area contributed by atoms with Crippen molar-refractivity contribution in [2.45, 2.75) is 6.92 Å². The van der Waals surface area contributed by atoms with Crippen molar-refractivity contribution in [2.75, 3.05) is 13.2 Å². The molecule has 74 valence electrons. The second kappa shape index (κ2) is 5.25. The average molecular weight is 194 g/mol. The Labute approximate surface area is 82.3 Å². The lowest BCUT2D eigenvalue weighted by atomic mass is 10.2. The monoisotopic (exact) mass is 194 g/mol. The average Bonchev–Trinajstić information content (AvgIpc) is 2.17. The van der Waals surface area contributed by atoms with Gasteiger partial charge in [-0.2, -0.15) is 0 Å². The normalized spacial score (nSPS) is 9.07. The van der Waals surface area contributed by atoms with E-state index in [9.17, 15) is 4.39 Å². The van der Waals surface area contributed by atoms with Crippen molar-refractivity contribution in [2.24, 2.45) is 0 Å². The summed E-state index contributed by atoms with van der Waals surface area (Å²) >= 11 is 0. The summed E-state index contributed by atoms with van der Waals surface area (Å²) in [6.45, 7) is 2.06. The van der Waals surface area contributed by atoms with E-state index >= 15 is 0 Å². The highest BCUT2D eigenvalue weighted by molar-refractivity contribution is 5.39. The van der Waals surface area contributed by atoms with Crippen molar-refractivity contribution in [1.82, 2.24) is 0 Å². The number of hydrogen-bond acceptors (Lipinski definition) is 2. The molecule has 1 aromatic rings. The molecular weight excluding hydrogens is 183 g/mol. The topological polar surface area (TPSA) is 29.5 Å². The fourth-order valence-corrected chi connectivity index (χ4v) is 0.988. The third-order valence-corrected chi connectivity index (χ3v) is 1.55. The Kier molecular flexibility index (Phi) is 3.96. The Balaban J connectivity index is 2.89. The van der Waals surface area contributed by atoms with Crippen molar-refractivity contribution in [3.63, 3.8) is 0 Å². The first-order valence-electron chi connectivity index (χ1n) is 4.30. The molecule has 0 aliphatic heterocycles. The van der Waals surface area contributed by atoms with Gasteiger partial charge in [0.15, 0.2) is 0 Å². The number of halogens is 1. The summed E-state index contributed by atoms with van der Waals surface area (Å²) in [5.74, 6) is 4.94. The van der Waals surface area contributed by atoms with Crippen molar-refractivity contribution >= 4 is 0 Å². The van der Waals surface area contributed by atoms with Gasteiger partial charge < -0.3 is 9.84 Å². The van der Waals surface area contributed by atoms with Crippen molar-refractivity contribution in [3.05, 3.63) is 29.6 Å². The van der Waals surface area contributed by atoms with Crippen LogP contribution in [0.2, 0.25) is 0 Å². The zero-order valence-corrected chi connectivity index (χ0v) is 7.88. The Morgan fingerprint density at radius 1 is 1.50 bits per heavy atom. The predicted molar refractivity (Wildman–Crippen MR) is 51.5 cm³/mol. The van der Waals surface area contributed by atoms with Gasteiger partial charge in [0.05, 0.1) is 12.2 Å². The fourth-order valence-electron chi connectivity index (χ4n) is 0.988. The molecule has 0 fully saturated rings. The van der Waals surface area contributed by atoms with E-state index in [1.165, 1.54) is 12.1 Å². The number of aliphatic hydroxyl groups is 1. The molecule has 1 rings (SSSR count). The molecule has 0 aliphatic rings. The summed E-state index contributed by atoms with van der Waals surface area (Å²) in [4.78, 5) is 0. The summed E-state index contributed by atoms with van der Waals surface area (Å²) in [6.07, 6.45) is 0. The van der Waals surface area contributed by atoms with Crippen LogP contribution in [0, 0.1) is 17.7 Å². The van der Waals surface area contributed by atoms with Crippen molar-refractivity contribution < 1.29 is 14.2 Å². The predicted octanol–water partition coefficient (Wildman–Crippen LogP) is 1.57. The summed E-state index contributed by atoms with van der Waals surface area (Å²) in [7, 11) is 0. The van der Waals surface area contributed by atoms with Crippen molar-refractivity contribution in [1.29, 1.82) is 0 Å². The van der Waals surface area contributed by atoms with Crippen LogP contribution in [-0.4, -0.2) is 18.3 Å². The number of hydrogen-bond donors (Lipinski definition) is 1. The SMILES string of the molecule is CCOc1ccc(C#CCO)c(F)c1. The van der Waals surface area contributed by atoms with E-state index in [4.69, 9.17) is 9.84 Å². The molecule has 0 aliphatic carbocycles. The Bertz CT molecular complexity index is 363. The summed E-state index contributed by atoms with van der Waals surface area (Å²) in [6, 6.07) is 4.46. The maximum absolute atomic E-state index is 13.2. The minimum absolute atomic E-state index is 0.266. The Morgan fingerprint density at radius 3 is 2.86 bits per heavy atom. The highest BCUT2D eigenvalue weighted by atomic mass is 19.1. The standard InChI is InChI=1S/C11H11FO2/c1-2-14-10-6-5-9(4-3-7-13)11(12)8-10/h5-6,8,13H,2,7H2,1H3. The van der Waals surface area contributed by atoms with Crippen LogP contribution < -0.4 is 4.74 Å². The van der Waals surface area contributed by atoms with Crippen LogP contribution in [0.5, 0.6) is 5.75 Å². The molecular formula is C11H11FO2. The van der Waals surface area contributed by atoms with Crippen LogP contribution in [0.1, 0.15) is 12.5 Å². The van der Waals surface area contributed by atoms with Crippen LogP contribution in [0.15, 0.2) is 18.2 Å². The second-order valence-electron chi connectivity index (χ2n) is 2.53. The summed E-state index contributed by atoms with van der Waals surface area (Å²) < 4.78 is 18.3. The highest BCUT2D eigenvalue weighted by Crippen LogP contribution is 2.15. The maximum Gasteiger partial charge on any atom is 0.142 e. The third-order valence-electron chi connectivity index (χ3n) is 1.55. The lowest BCUT2D eigenvalue weighted by Gasteiger charge is -2.02. The van der Waals surface area contributed by atoms with E-state index in [2.05, 4.69) is 11.8 Å². The fraction of sp³-hybridized carbons (Fsp3) is 0.273. The van der Waals surface area contributed by atoms with Crippen molar-refractivity contribution in [3.8, 4) is 17.6 Å². The molecule has 0 spiro atoms. The van der Waals surface area contributed by atoms with Crippen LogP contribution in [0.3, 0.4) is 0 Å². The third kappa shape index (κ3) is 2.75. The molecule has 14 heavy (non-hydrogen) atoms. The smallest absolute Gasteiger partial charge is 0.142 e. The molecule has 0 saturated heterocycles. The van der Waals surface area contributed by atoms with E-state index < -0.39 is 5.82 Å². The molecule has 0 radical (unpaired) electrons. The van der Waals surface area contributed by atoms with E-state index in [-0.39, 0.29) is 12.2 Å². The van der Waals surface area contributed by atoms with Gasteiger partial charge in [0.1, 0.15) is 18.2 Å². The molecule has 0 bridgehead atoms. The van der Waals surface area contributed by atoms with E-state index in [0.29, 0.717) is 12.4 Å². The first kappa shape index (κ1) is 10.6. The minimum Gasteiger partial charge on any atom is -0.494 e. The number of rotatable bonds is 2. The van der Waals surface area contributed by atoms with Gasteiger partial charge in [0.25, 0.3) is 0 Å². The van der Waals surface area contributed by atoms with Crippen LogP contribution in [0.4, 0.5) is 4.39 Å². The van der Waals surface area contributed by atoms with E-state index in [1.54, 1.807) is 6.07 Å². The highest BCUT2D eigenvalue weighted by Gasteiger charge is 2.00. The minimum atomic E-state index is -0.433. The van der Waals surface area contributed by atoms with Gasteiger partial charge in [-0.1, -0.05) is 11.8 Å². The molecule has 0 heterocycles. The van der Waals surface area contributed by atoms with Gasteiger partial charge in [-0.3, -0.25) is 0 Å². The van der Waals surface area contributed by atoms with Gasteiger partial charge in [-0.05, 0) is 19.1 Å². The molecule has 1 aromatic carbocycles. The first-order chi connectivity index (χ1) is 6.77. The molecule has 0 saturated carbocycles. The second-order valence-corrected chi connectivity index (χ2v) is 2.53. The van der Waals surface area contributed by atoms with Gasteiger partial charge in [-0.25, -0.2) is 4.39 Å². The van der Waals surface area contributed by atoms with E-state index in [0.717, 1.165) is 0 Å². The number of benzene rings is 1. The molecule has 1 N–H and O–H groups in total. The molecule has 0 amide bonds. The zero-order chi connectivity index (χ0) is 10.4. The number of aliphatic hydroxyl groups excluding tert-OH is 1. The van der Waals surface area contributed by atoms with Crippen LogP contribution >= 0.6 is 0 Å². The summed E-state index contributed by atoms with van der Waals surface area (Å²) in [5, 5.41) is 8.44. The Hall–Kier alpha value is -1.53. The largest absolute Gasteiger partial charge is 0.494 e. The molecule has 0 atom stereocenters. The molecule has 3 heteroatoms. The molecule has 0 unspecified atom stereocenters. The van der Waals surface area contributed by atoms with Gasteiger partial charge in [0.2, 0.25) is 0 Å². The van der Waals surface area contributed by atoms with Crippen LogP contribution in [0.25, 0.3) is 0 Å². The van der Waals surface area contributed by atoms with Gasteiger partial charge in [-0.15, -0.1) is 0 Å². The van der Waals surface area contributed by atoms with E-state index in [1.807, 2.05) is 6.92 Å². The summed E-state index contributed by atoms with van der Waals surface area (Å²) in [5.41, 5.74) is 0.266. The van der Waals surface area contributed by atoms with Gasteiger partial charge >= 0.3 is 0 Å². The number of ether oxygens (including phenoxy) is 1. The quantitative estimate of drug-likeness (QED) is 0.724. The Morgan fingerprint density at radius 2 is 2.29 bits per heavy atom. The lowest BCUT2D eigenvalue weighted by molar-refractivity contribution is 0.338. The molecule has 0 aromatic heterocycles. The first-order valence-corrected chi connectivity index (χ1v) is 4.30. The zero-order valence-electron chi connectivity index (χ0n) is 7.88. The van der Waals surface area contributed by atoms with Crippen LogP contribution in [-0.2, 0) is 0 Å². The lowest BCUT2D eigenvalue weighted by Crippen LogP contribution is -1.93. The maximum atomic E-state index is 13.2. The molecule has 2 nitrogen and oxygen atoms in total.